The molecule has 0 aromatic carbocycles. The highest BCUT2D eigenvalue weighted by Gasteiger charge is 2.46. The number of carboxylic acid groups (broad SMARTS) is 2. The van der Waals surface area contributed by atoms with Gasteiger partial charge in [0.2, 0.25) is 5.91 Å². The van der Waals surface area contributed by atoms with Crippen LogP contribution in [-0.2, 0) is 25.7 Å². The van der Waals surface area contributed by atoms with Gasteiger partial charge in [-0.3, -0.25) is 14.7 Å². The Hall–Kier alpha value is -2.94. The number of carbonyl (C=O) groups excluding carboxylic acids is 1. The van der Waals surface area contributed by atoms with Gasteiger partial charge in [0.1, 0.15) is 0 Å². The van der Waals surface area contributed by atoms with E-state index in [0.717, 1.165) is 58.2 Å². The predicted molar refractivity (Wildman–Crippen MR) is 128 cm³/mol. The van der Waals surface area contributed by atoms with Gasteiger partial charge in [0.15, 0.2) is 0 Å². The van der Waals surface area contributed by atoms with Crippen LogP contribution in [0.5, 0.6) is 0 Å². The Morgan fingerprint density at radius 3 is 2.00 bits per heavy atom. The number of aromatic nitrogens is 1. The minimum absolute atomic E-state index is 0.217. The van der Waals surface area contributed by atoms with E-state index in [2.05, 4.69) is 16.0 Å². The number of hydrogen-bond acceptors (Lipinski definition) is 6. The van der Waals surface area contributed by atoms with Gasteiger partial charge in [-0.05, 0) is 55.1 Å². The smallest absolute Gasteiger partial charge is 0.475 e. The number of hydrogen-bond donors (Lipinski definition) is 2. The summed E-state index contributed by atoms with van der Waals surface area (Å²) in [6.45, 7) is 7.35. The fraction of sp³-hybridized carbons (Fsp3) is 0.680. The average Bonchev–Trinajstić information content (AvgIpc) is 3.62. The number of nitrogens with zero attached hydrogens (tertiary/aromatic N) is 3. The molecule has 2 aliphatic heterocycles. The van der Waals surface area contributed by atoms with E-state index in [-0.39, 0.29) is 5.91 Å². The summed E-state index contributed by atoms with van der Waals surface area (Å²) >= 11 is 0. The van der Waals surface area contributed by atoms with Gasteiger partial charge < -0.3 is 19.8 Å². The largest absolute Gasteiger partial charge is 0.490 e. The monoisotopic (exact) mass is 585 g/mol. The van der Waals surface area contributed by atoms with E-state index in [1.165, 1.54) is 24.8 Å². The Labute approximate surface area is 227 Å². The lowest BCUT2D eigenvalue weighted by Crippen LogP contribution is -2.43. The molecule has 1 aliphatic carbocycles. The third kappa shape index (κ3) is 11.3. The molecule has 15 heteroatoms. The molecule has 0 bridgehead atoms. The third-order valence-electron chi connectivity index (χ3n) is 6.95. The van der Waals surface area contributed by atoms with Gasteiger partial charge in [0.25, 0.3) is 0 Å². The number of rotatable bonds is 6. The summed E-state index contributed by atoms with van der Waals surface area (Å²) in [6, 6.07) is 4.67. The lowest BCUT2D eigenvalue weighted by atomic mass is 9.76. The molecule has 1 atom stereocenters. The van der Waals surface area contributed by atoms with Crippen LogP contribution in [0.1, 0.15) is 44.6 Å². The van der Waals surface area contributed by atoms with Gasteiger partial charge in [-0.2, -0.15) is 26.3 Å². The van der Waals surface area contributed by atoms with Crippen molar-refractivity contribution in [1.29, 1.82) is 0 Å². The number of pyridine rings is 1. The highest BCUT2D eigenvalue weighted by molar-refractivity contribution is 5.73. The van der Waals surface area contributed by atoms with Crippen LogP contribution in [0.25, 0.3) is 0 Å². The van der Waals surface area contributed by atoms with Crippen molar-refractivity contribution >= 4 is 17.8 Å². The fourth-order valence-electron chi connectivity index (χ4n) is 4.64. The molecule has 1 spiro atoms. The molecular weight excluding hydrogens is 552 g/mol. The minimum atomic E-state index is -5.08. The lowest BCUT2D eigenvalue weighted by Gasteiger charge is -2.39. The van der Waals surface area contributed by atoms with Crippen molar-refractivity contribution in [2.75, 3.05) is 32.8 Å². The molecular formula is C25H33F6N3O6. The molecule has 3 aliphatic rings. The van der Waals surface area contributed by atoms with E-state index in [9.17, 15) is 31.1 Å². The summed E-state index contributed by atoms with van der Waals surface area (Å²) in [4.78, 5) is 38.4. The molecule has 1 aromatic heterocycles. The van der Waals surface area contributed by atoms with Gasteiger partial charge in [-0.15, -0.1) is 0 Å². The number of amides is 1. The van der Waals surface area contributed by atoms with Gasteiger partial charge in [-0.1, -0.05) is 6.07 Å². The van der Waals surface area contributed by atoms with Crippen molar-refractivity contribution in [2.24, 2.45) is 11.3 Å². The fourth-order valence-corrected chi connectivity index (χ4v) is 4.64. The number of ether oxygens (including phenoxy) is 1. The normalized spacial score (nSPS) is 20.7. The maximum atomic E-state index is 11.7. The first-order valence-electron chi connectivity index (χ1n) is 12.6. The second kappa shape index (κ2) is 14.1. The highest BCUT2D eigenvalue weighted by Crippen LogP contribution is 2.44. The van der Waals surface area contributed by atoms with Crippen LogP contribution >= 0.6 is 0 Å². The van der Waals surface area contributed by atoms with Crippen molar-refractivity contribution in [1.82, 2.24) is 14.8 Å². The number of carboxylic acids is 2. The molecule has 1 amide bonds. The van der Waals surface area contributed by atoms with Gasteiger partial charge in [0.05, 0.1) is 6.61 Å². The van der Waals surface area contributed by atoms with Crippen LogP contribution in [0.3, 0.4) is 0 Å². The average molecular weight is 586 g/mol. The summed E-state index contributed by atoms with van der Waals surface area (Å²) in [5.41, 5.74) is 1.62. The summed E-state index contributed by atoms with van der Waals surface area (Å²) in [7, 11) is 0. The van der Waals surface area contributed by atoms with Gasteiger partial charge >= 0.3 is 24.3 Å². The zero-order chi connectivity index (χ0) is 30.1. The van der Waals surface area contributed by atoms with Crippen LogP contribution in [0.4, 0.5) is 26.3 Å². The van der Waals surface area contributed by atoms with E-state index in [0.29, 0.717) is 11.5 Å². The number of aliphatic carboxylic acids is 2. The number of piperidine rings is 1. The van der Waals surface area contributed by atoms with Crippen LogP contribution in [0.15, 0.2) is 24.5 Å². The molecule has 226 valence electrons. The van der Waals surface area contributed by atoms with E-state index >= 15 is 0 Å². The first kappa shape index (κ1) is 33.3. The molecule has 9 nitrogen and oxygen atoms in total. The summed E-state index contributed by atoms with van der Waals surface area (Å²) in [5.74, 6) is -4.48. The molecule has 4 rings (SSSR count). The second-order valence-electron chi connectivity index (χ2n) is 10.2. The molecule has 2 N–H and O–H groups in total. The maximum absolute atomic E-state index is 11.7. The Balaban J connectivity index is 0.000000333. The van der Waals surface area contributed by atoms with Crippen molar-refractivity contribution in [3.8, 4) is 0 Å². The molecule has 1 aromatic rings. The molecule has 1 saturated carbocycles. The van der Waals surface area contributed by atoms with Crippen LogP contribution in [-0.4, -0.2) is 94.1 Å². The summed E-state index contributed by atoms with van der Waals surface area (Å²) < 4.78 is 69.6. The molecule has 1 unspecified atom stereocenters. The number of carbonyl (C=O) groups is 3. The Bertz CT molecular complexity index is 955. The van der Waals surface area contributed by atoms with Crippen LogP contribution in [0, 0.1) is 11.3 Å². The second-order valence-corrected chi connectivity index (χ2v) is 10.2. The van der Waals surface area contributed by atoms with Crippen molar-refractivity contribution in [3.63, 3.8) is 0 Å². The maximum Gasteiger partial charge on any atom is 0.490 e. The predicted octanol–water partition coefficient (Wildman–Crippen LogP) is 3.98. The SMILES string of the molecule is CC(=O)N1CCC2(CC1)CC(COCC1CC1)N(Cc1cccnc1)C2.O=C(O)C(F)(F)F.O=C(O)C(F)(F)F. The number of likely N-dealkylation sites (tertiary alicyclic amines) is 2. The zero-order valence-electron chi connectivity index (χ0n) is 21.9. The first-order valence-corrected chi connectivity index (χ1v) is 12.6. The molecule has 0 radical (unpaired) electrons. The van der Waals surface area contributed by atoms with Crippen molar-refractivity contribution in [2.45, 2.75) is 64.0 Å². The number of halogens is 6. The van der Waals surface area contributed by atoms with Crippen molar-refractivity contribution < 1.29 is 55.7 Å². The first-order chi connectivity index (χ1) is 18.5. The van der Waals surface area contributed by atoms with Crippen LogP contribution in [0.2, 0.25) is 0 Å². The number of alkyl halides is 6. The summed E-state index contributed by atoms with van der Waals surface area (Å²) in [6.07, 6.45) is -0.230. The van der Waals surface area contributed by atoms with E-state index in [4.69, 9.17) is 24.5 Å². The van der Waals surface area contributed by atoms with Crippen molar-refractivity contribution in [3.05, 3.63) is 30.1 Å². The van der Waals surface area contributed by atoms with E-state index in [1.807, 2.05) is 23.4 Å². The van der Waals surface area contributed by atoms with Gasteiger partial charge in [0, 0.05) is 58.1 Å². The van der Waals surface area contributed by atoms with Crippen LogP contribution < -0.4 is 0 Å². The Morgan fingerprint density at radius 1 is 1.02 bits per heavy atom. The third-order valence-corrected chi connectivity index (χ3v) is 6.95. The molecule has 40 heavy (non-hydrogen) atoms. The van der Waals surface area contributed by atoms with Gasteiger partial charge in [-0.25, -0.2) is 9.59 Å². The van der Waals surface area contributed by atoms with E-state index in [1.54, 1.807) is 6.92 Å². The zero-order valence-corrected chi connectivity index (χ0v) is 21.9. The molecule has 3 fully saturated rings. The molecule has 3 heterocycles. The quantitative estimate of drug-likeness (QED) is 0.482. The minimum Gasteiger partial charge on any atom is -0.475 e. The highest BCUT2D eigenvalue weighted by atomic mass is 19.4. The lowest BCUT2D eigenvalue weighted by molar-refractivity contribution is -0.193. The topological polar surface area (TPSA) is 120 Å². The molecule has 2 saturated heterocycles. The standard InChI is InChI=1S/C21H31N3O2.2C2HF3O2/c1-17(25)23-9-6-21(7-10-23)11-20(15-26-14-18-4-5-18)24(16-21)13-19-3-2-8-22-12-19;2*3-2(4,5)1(6)7/h2-3,8,12,18,20H,4-7,9-11,13-16H2,1H3;2*(H,6,7). The van der Waals surface area contributed by atoms with E-state index < -0.39 is 24.3 Å². The Kier molecular flexibility index (Phi) is 11.7. The summed E-state index contributed by atoms with van der Waals surface area (Å²) in [5, 5.41) is 14.2. The Morgan fingerprint density at radius 2 is 1.57 bits per heavy atom.